The number of carbonyl (C=O) groups excluding carboxylic acids is 2. The van der Waals surface area contributed by atoms with Crippen LogP contribution in [-0.2, 0) is 9.59 Å². The van der Waals surface area contributed by atoms with E-state index >= 15 is 0 Å². The Bertz CT molecular complexity index is 542. The van der Waals surface area contributed by atoms with Gasteiger partial charge in [-0.15, -0.1) is 0 Å². The molecule has 114 valence electrons. The van der Waals surface area contributed by atoms with Gasteiger partial charge >= 0.3 is 0 Å². The Labute approximate surface area is 125 Å². The number of nitrogen functional groups attached to an aromatic ring is 1. The van der Waals surface area contributed by atoms with Crippen molar-refractivity contribution in [2.45, 2.75) is 33.1 Å². The molecule has 0 aromatic heterocycles. The molecule has 0 radical (unpaired) electrons. The minimum Gasteiger partial charge on any atom is -0.399 e. The van der Waals surface area contributed by atoms with Gasteiger partial charge in [-0.05, 0) is 37.0 Å². The number of hydrogen-bond donors (Lipinski definition) is 2. The first-order valence-corrected chi connectivity index (χ1v) is 7.43. The van der Waals surface area contributed by atoms with Gasteiger partial charge in [-0.2, -0.15) is 0 Å². The maximum Gasteiger partial charge on any atom is 0.244 e. The number of rotatable bonds is 5. The van der Waals surface area contributed by atoms with Gasteiger partial charge < -0.3 is 16.0 Å². The van der Waals surface area contributed by atoms with E-state index in [1.807, 2.05) is 13.0 Å². The van der Waals surface area contributed by atoms with Gasteiger partial charge in [0.15, 0.2) is 0 Å². The molecule has 3 N–H and O–H groups in total. The molecule has 1 unspecified atom stereocenters. The number of aryl methyl sites for hydroxylation is 1. The quantitative estimate of drug-likeness (QED) is 0.816. The van der Waals surface area contributed by atoms with Gasteiger partial charge in [-0.1, -0.05) is 19.4 Å². The van der Waals surface area contributed by atoms with E-state index in [4.69, 9.17) is 5.73 Å². The second kappa shape index (κ2) is 6.61. The van der Waals surface area contributed by atoms with Gasteiger partial charge in [0.1, 0.15) is 0 Å². The smallest absolute Gasteiger partial charge is 0.244 e. The Balaban J connectivity index is 1.93. The molecular formula is C16H23N3O2. The minimum atomic E-state index is -0.172. The zero-order chi connectivity index (χ0) is 15.4. The average molecular weight is 289 g/mol. The number of nitrogens with one attached hydrogen (secondary N) is 1. The Kier molecular flexibility index (Phi) is 4.83. The van der Waals surface area contributed by atoms with E-state index in [0.29, 0.717) is 30.3 Å². The van der Waals surface area contributed by atoms with Gasteiger partial charge in [0.25, 0.3) is 0 Å². The summed E-state index contributed by atoms with van der Waals surface area (Å²) in [6.45, 7) is 4.83. The number of anilines is 2. The maximum absolute atomic E-state index is 12.1. The fourth-order valence-electron chi connectivity index (χ4n) is 2.75. The summed E-state index contributed by atoms with van der Waals surface area (Å²) in [7, 11) is 0. The molecule has 0 aliphatic carbocycles. The molecular weight excluding hydrogens is 266 g/mol. The lowest BCUT2D eigenvalue weighted by Gasteiger charge is -2.17. The highest BCUT2D eigenvalue weighted by molar-refractivity contribution is 5.95. The number of hydrogen-bond acceptors (Lipinski definition) is 3. The number of benzene rings is 1. The van der Waals surface area contributed by atoms with E-state index in [1.165, 1.54) is 0 Å². The minimum absolute atomic E-state index is 0.0768. The largest absolute Gasteiger partial charge is 0.399 e. The second-order valence-electron chi connectivity index (χ2n) is 5.76. The normalized spacial score (nSPS) is 18.1. The first-order valence-electron chi connectivity index (χ1n) is 7.43. The number of likely N-dealkylation sites (tertiary alicyclic amines) is 1. The third kappa shape index (κ3) is 3.97. The van der Waals surface area contributed by atoms with Crippen LogP contribution in [-0.4, -0.2) is 29.8 Å². The van der Waals surface area contributed by atoms with Crippen molar-refractivity contribution < 1.29 is 9.59 Å². The molecule has 21 heavy (non-hydrogen) atoms. The van der Waals surface area contributed by atoms with Crippen LogP contribution in [0.15, 0.2) is 18.2 Å². The van der Waals surface area contributed by atoms with E-state index in [-0.39, 0.29) is 18.4 Å². The molecule has 2 rings (SSSR count). The lowest BCUT2D eigenvalue weighted by atomic mass is 10.0. The van der Waals surface area contributed by atoms with Crippen LogP contribution in [0.3, 0.4) is 0 Å². The van der Waals surface area contributed by atoms with Crippen LogP contribution >= 0.6 is 0 Å². The number of nitrogens with two attached hydrogens (primary N) is 1. The average Bonchev–Trinajstić information content (AvgIpc) is 2.74. The molecule has 1 atom stereocenters. The van der Waals surface area contributed by atoms with Crippen molar-refractivity contribution in [3.63, 3.8) is 0 Å². The molecule has 1 aromatic carbocycles. The third-order valence-corrected chi connectivity index (χ3v) is 3.86. The SMILES string of the molecule is CCCC1CC(=O)N(CC(=O)Nc2cc(N)ccc2C)C1. The van der Waals surface area contributed by atoms with Crippen LogP contribution in [0.25, 0.3) is 0 Å². The molecule has 1 fully saturated rings. The van der Waals surface area contributed by atoms with E-state index in [2.05, 4.69) is 12.2 Å². The van der Waals surface area contributed by atoms with Crippen LogP contribution in [0.1, 0.15) is 31.7 Å². The van der Waals surface area contributed by atoms with Gasteiger partial charge in [-0.3, -0.25) is 9.59 Å². The summed E-state index contributed by atoms with van der Waals surface area (Å²) in [5.41, 5.74) is 7.99. The highest BCUT2D eigenvalue weighted by Crippen LogP contribution is 2.22. The predicted octanol–water partition coefficient (Wildman–Crippen LogP) is 2.16. The third-order valence-electron chi connectivity index (χ3n) is 3.86. The standard InChI is InChI=1S/C16H23N3O2/c1-3-4-12-7-16(21)19(9-12)10-15(20)18-14-8-13(17)6-5-11(14)2/h5-6,8,12H,3-4,7,9-10,17H2,1-2H3,(H,18,20). The van der Waals surface area contributed by atoms with Crippen LogP contribution in [0.2, 0.25) is 0 Å². The number of carbonyl (C=O) groups is 2. The van der Waals surface area contributed by atoms with Crippen molar-refractivity contribution in [3.05, 3.63) is 23.8 Å². The van der Waals surface area contributed by atoms with Crippen LogP contribution in [0, 0.1) is 12.8 Å². The molecule has 5 heteroatoms. The molecule has 1 heterocycles. The van der Waals surface area contributed by atoms with Crippen molar-refractivity contribution in [2.24, 2.45) is 5.92 Å². The molecule has 1 aromatic rings. The van der Waals surface area contributed by atoms with Crippen molar-refractivity contribution in [2.75, 3.05) is 24.1 Å². The highest BCUT2D eigenvalue weighted by atomic mass is 16.2. The van der Waals surface area contributed by atoms with Gasteiger partial charge in [0.05, 0.1) is 6.54 Å². The molecule has 0 saturated carbocycles. The Hall–Kier alpha value is -2.04. The molecule has 0 spiro atoms. The summed E-state index contributed by atoms with van der Waals surface area (Å²) >= 11 is 0. The summed E-state index contributed by atoms with van der Waals surface area (Å²) in [6, 6.07) is 5.40. The predicted molar refractivity (Wildman–Crippen MR) is 83.8 cm³/mol. The van der Waals surface area contributed by atoms with Crippen LogP contribution < -0.4 is 11.1 Å². The first-order chi connectivity index (χ1) is 9.99. The van der Waals surface area contributed by atoms with Crippen molar-refractivity contribution in [3.8, 4) is 0 Å². The van der Waals surface area contributed by atoms with E-state index in [9.17, 15) is 9.59 Å². The van der Waals surface area contributed by atoms with Crippen LogP contribution in [0.5, 0.6) is 0 Å². The summed E-state index contributed by atoms with van der Waals surface area (Å²) in [6.07, 6.45) is 2.68. The van der Waals surface area contributed by atoms with Crippen molar-refractivity contribution >= 4 is 23.2 Å². The fraction of sp³-hybridized carbons (Fsp3) is 0.500. The molecule has 1 aliphatic rings. The molecule has 1 saturated heterocycles. The summed E-state index contributed by atoms with van der Waals surface area (Å²) in [4.78, 5) is 25.6. The van der Waals surface area contributed by atoms with Crippen LogP contribution in [0.4, 0.5) is 11.4 Å². The molecule has 0 bridgehead atoms. The van der Waals surface area contributed by atoms with Gasteiger partial charge in [-0.25, -0.2) is 0 Å². The molecule has 1 aliphatic heterocycles. The summed E-state index contributed by atoms with van der Waals surface area (Å²) in [5.74, 6) is 0.298. The molecule has 2 amide bonds. The highest BCUT2D eigenvalue weighted by Gasteiger charge is 2.30. The zero-order valence-corrected chi connectivity index (χ0v) is 12.7. The van der Waals surface area contributed by atoms with E-state index in [1.54, 1.807) is 17.0 Å². The van der Waals surface area contributed by atoms with E-state index < -0.39 is 0 Å². The summed E-state index contributed by atoms with van der Waals surface area (Å²) < 4.78 is 0. The lowest BCUT2D eigenvalue weighted by Crippen LogP contribution is -2.34. The Morgan fingerprint density at radius 1 is 1.48 bits per heavy atom. The maximum atomic E-state index is 12.1. The second-order valence-corrected chi connectivity index (χ2v) is 5.76. The van der Waals surface area contributed by atoms with Gasteiger partial charge in [0, 0.05) is 24.3 Å². The fourth-order valence-corrected chi connectivity index (χ4v) is 2.75. The topological polar surface area (TPSA) is 75.4 Å². The van der Waals surface area contributed by atoms with Crippen molar-refractivity contribution in [1.29, 1.82) is 0 Å². The first kappa shape index (κ1) is 15.4. The number of amides is 2. The van der Waals surface area contributed by atoms with Gasteiger partial charge in [0.2, 0.25) is 11.8 Å². The monoisotopic (exact) mass is 289 g/mol. The Morgan fingerprint density at radius 3 is 2.95 bits per heavy atom. The van der Waals surface area contributed by atoms with Crippen molar-refractivity contribution in [1.82, 2.24) is 4.90 Å². The van der Waals surface area contributed by atoms with E-state index in [0.717, 1.165) is 18.4 Å². The summed E-state index contributed by atoms with van der Waals surface area (Å²) in [5, 5.41) is 2.83. The molecule has 5 nitrogen and oxygen atoms in total. The lowest BCUT2D eigenvalue weighted by molar-refractivity contribution is -0.131. The zero-order valence-electron chi connectivity index (χ0n) is 12.7. The Morgan fingerprint density at radius 2 is 2.24 bits per heavy atom. The number of nitrogens with zero attached hydrogens (tertiary/aromatic N) is 1.